The molecule has 3 fully saturated rings. The summed E-state index contributed by atoms with van der Waals surface area (Å²) in [5.74, 6) is -1.60. The van der Waals surface area contributed by atoms with Crippen molar-refractivity contribution >= 4 is 58.0 Å². The standard InChI is InChI=1S/C35H36N8O5/c36-16-22(29-19-39-27-3-1-2-4-28(27)40-29)18-38-23-9-11-42(12-10-23)33(46)21-13-20(14-21)17-37-24-5-6-25-26(15-24)35(48)43(34(25)47)30-7-8-31(44)41-32(30)45/h1-6,15-16,18-21,23,30,36-38H,7-14,17H2,(H,41,44,45)/b22-18+,36-16?/t20-,21+,30?. The predicted octanol–water partition coefficient (Wildman–Crippen LogP) is 2.74. The number of para-hydroxylation sites is 2. The van der Waals surface area contributed by atoms with E-state index >= 15 is 0 Å². The number of allylic oxidation sites excluding steroid dienone is 1. The summed E-state index contributed by atoms with van der Waals surface area (Å²) in [6, 6.07) is 11.8. The third-order valence-corrected chi connectivity index (χ3v) is 9.80. The molecule has 1 unspecified atom stereocenters. The zero-order valence-electron chi connectivity index (χ0n) is 26.3. The van der Waals surface area contributed by atoms with E-state index in [4.69, 9.17) is 5.41 Å². The lowest BCUT2D eigenvalue weighted by molar-refractivity contribution is -0.141. The molecule has 2 aromatic carbocycles. The Kier molecular flexibility index (Phi) is 8.42. The minimum absolute atomic E-state index is 0.00139. The Morgan fingerprint density at radius 1 is 0.979 bits per heavy atom. The summed E-state index contributed by atoms with van der Waals surface area (Å²) in [4.78, 5) is 75.1. The highest BCUT2D eigenvalue weighted by Crippen LogP contribution is 2.36. The van der Waals surface area contributed by atoms with Crippen LogP contribution in [0.1, 0.15) is 64.9 Å². The van der Waals surface area contributed by atoms with Crippen LogP contribution in [0.2, 0.25) is 0 Å². The third kappa shape index (κ3) is 6.03. The van der Waals surface area contributed by atoms with E-state index in [2.05, 4.69) is 25.9 Å². The molecule has 13 nitrogen and oxygen atoms in total. The molecule has 1 atom stereocenters. The first-order chi connectivity index (χ1) is 23.3. The highest BCUT2D eigenvalue weighted by molar-refractivity contribution is 6.23. The van der Waals surface area contributed by atoms with Gasteiger partial charge in [-0.1, -0.05) is 12.1 Å². The van der Waals surface area contributed by atoms with Gasteiger partial charge < -0.3 is 20.9 Å². The van der Waals surface area contributed by atoms with Gasteiger partial charge in [0.2, 0.25) is 17.7 Å². The number of hydrogen-bond acceptors (Lipinski definition) is 10. The van der Waals surface area contributed by atoms with E-state index in [1.807, 2.05) is 35.4 Å². The van der Waals surface area contributed by atoms with Gasteiger partial charge in [-0.15, -0.1) is 0 Å². The van der Waals surface area contributed by atoms with Crippen molar-refractivity contribution < 1.29 is 24.0 Å². The van der Waals surface area contributed by atoms with Crippen LogP contribution < -0.4 is 16.0 Å². The number of carbonyl (C=O) groups excluding carboxylic acids is 5. The van der Waals surface area contributed by atoms with Crippen molar-refractivity contribution in [3.8, 4) is 0 Å². The molecule has 4 N–H and O–H groups in total. The number of benzene rings is 2. The van der Waals surface area contributed by atoms with Gasteiger partial charge in [0.1, 0.15) is 6.04 Å². The Hall–Kier alpha value is -5.46. The molecule has 1 aromatic heterocycles. The maximum absolute atomic E-state index is 13.2. The lowest BCUT2D eigenvalue weighted by Crippen LogP contribution is -2.54. The minimum atomic E-state index is -0.994. The lowest BCUT2D eigenvalue weighted by atomic mass is 9.74. The Balaban J connectivity index is 0.859. The fourth-order valence-electron chi connectivity index (χ4n) is 6.97. The fourth-order valence-corrected chi connectivity index (χ4v) is 6.97. The molecular formula is C35H36N8O5. The largest absolute Gasteiger partial charge is 0.387 e. The van der Waals surface area contributed by atoms with Gasteiger partial charge in [0.15, 0.2) is 0 Å². The highest BCUT2D eigenvalue weighted by atomic mass is 16.2. The van der Waals surface area contributed by atoms with Crippen LogP contribution in [0.25, 0.3) is 16.6 Å². The Morgan fingerprint density at radius 3 is 2.48 bits per heavy atom. The van der Waals surface area contributed by atoms with Gasteiger partial charge in [0.05, 0.1) is 34.1 Å². The second kappa shape index (κ2) is 13.0. The number of nitrogens with one attached hydrogen (secondary N) is 4. The predicted molar refractivity (Wildman–Crippen MR) is 177 cm³/mol. The van der Waals surface area contributed by atoms with Gasteiger partial charge in [0.25, 0.3) is 11.8 Å². The first kappa shape index (κ1) is 31.2. The SMILES string of the molecule is N=C/C(=C\NC1CCN(C(=O)[C@H]2C[C@@H](CNc3ccc4c(c3)C(=O)N(C3CCC(=O)NC3=O)C4=O)C2)CC1)c1cnc2ccccc2n1. The molecule has 3 aliphatic heterocycles. The summed E-state index contributed by atoms with van der Waals surface area (Å²) in [6.45, 7) is 1.99. The van der Waals surface area contributed by atoms with Crippen LogP contribution in [0.3, 0.4) is 0 Å². The number of anilines is 1. The van der Waals surface area contributed by atoms with Crippen LogP contribution in [-0.2, 0) is 14.4 Å². The number of carbonyl (C=O) groups is 5. The summed E-state index contributed by atoms with van der Waals surface area (Å²) in [6.07, 6.45) is 8.16. The summed E-state index contributed by atoms with van der Waals surface area (Å²) < 4.78 is 0. The number of imide groups is 2. The second-order valence-corrected chi connectivity index (χ2v) is 12.9. The third-order valence-electron chi connectivity index (χ3n) is 9.80. The first-order valence-corrected chi connectivity index (χ1v) is 16.4. The molecule has 4 aliphatic rings. The molecule has 0 radical (unpaired) electrons. The molecule has 3 aromatic rings. The Labute approximate surface area is 276 Å². The second-order valence-electron chi connectivity index (χ2n) is 12.9. The highest BCUT2D eigenvalue weighted by Gasteiger charge is 2.45. The molecule has 1 saturated carbocycles. The molecule has 1 aliphatic carbocycles. The fraction of sp³-hybridized carbons (Fsp3) is 0.371. The molecule has 48 heavy (non-hydrogen) atoms. The van der Waals surface area contributed by atoms with Gasteiger partial charge in [-0.05, 0) is 68.4 Å². The summed E-state index contributed by atoms with van der Waals surface area (Å²) >= 11 is 0. The minimum Gasteiger partial charge on any atom is -0.387 e. The van der Waals surface area contributed by atoms with E-state index in [9.17, 15) is 24.0 Å². The molecule has 2 saturated heterocycles. The molecule has 5 amide bonds. The number of amides is 5. The zero-order chi connectivity index (χ0) is 33.4. The Bertz CT molecular complexity index is 1860. The topological polar surface area (TPSA) is 178 Å². The maximum Gasteiger partial charge on any atom is 0.262 e. The van der Waals surface area contributed by atoms with Crippen LogP contribution >= 0.6 is 0 Å². The zero-order valence-corrected chi connectivity index (χ0v) is 26.3. The van der Waals surface area contributed by atoms with Gasteiger partial charge in [-0.25, -0.2) is 4.98 Å². The van der Waals surface area contributed by atoms with Gasteiger partial charge >= 0.3 is 0 Å². The van der Waals surface area contributed by atoms with Crippen molar-refractivity contribution in [1.29, 1.82) is 5.41 Å². The summed E-state index contributed by atoms with van der Waals surface area (Å²) in [5, 5.41) is 16.8. The monoisotopic (exact) mass is 648 g/mol. The van der Waals surface area contributed by atoms with Crippen molar-refractivity contribution in [3.05, 3.63) is 71.7 Å². The number of nitrogens with zero attached hydrogens (tertiary/aromatic N) is 4. The van der Waals surface area contributed by atoms with Gasteiger partial charge in [-0.2, -0.15) is 0 Å². The number of piperidine rings is 2. The van der Waals surface area contributed by atoms with E-state index in [1.54, 1.807) is 24.4 Å². The Morgan fingerprint density at radius 2 is 1.73 bits per heavy atom. The summed E-state index contributed by atoms with van der Waals surface area (Å²) in [5.41, 5.74) is 4.04. The number of hydrogen-bond donors (Lipinski definition) is 4. The van der Waals surface area contributed by atoms with Crippen LogP contribution in [0, 0.1) is 17.2 Å². The number of rotatable bonds is 9. The van der Waals surface area contributed by atoms with Crippen molar-refractivity contribution in [2.24, 2.45) is 11.8 Å². The molecule has 7 rings (SSSR count). The van der Waals surface area contributed by atoms with E-state index in [0.717, 1.165) is 41.6 Å². The van der Waals surface area contributed by atoms with Crippen molar-refractivity contribution in [2.45, 2.75) is 50.6 Å². The van der Waals surface area contributed by atoms with E-state index in [0.29, 0.717) is 42.5 Å². The van der Waals surface area contributed by atoms with Gasteiger partial charge in [-0.3, -0.25) is 39.2 Å². The molecule has 246 valence electrons. The lowest BCUT2D eigenvalue weighted by Gasteiger charge is -2.40. The van der Waals surface area contributed by atoms with Crippen LogP contribution in [0.5, 0.6) is 0 Å². The van der Waals surface area contributed by atoms with Gasteiger partial charge in [0, 0.05) is 61.7 Å². The van der Waals surface area contributed by atoms with E-state index < -0.39 is 29.7 Å². The van der Waals surface area contributed by atoms with Crippen molar-refractivity contribution in [3.63, 3.8) is 0 Å². The molecule has 4 heterocycles. The number of likely N-dealkylation sites (tertiary alicyclic amines) is 1. The summed E-state index contributed by atoms with van der Waals surface area (Å²) in [7, 11) is 0. The average molecular weight is 649 g/mol. The van der Waals surface area contributed by atoms with Crippen LogP contribution in [0.4, 0.5) is 5.69 Å². The molecule has 13 heteroatoms. The van der Waals surface area contributed by atoms with E-state index in [-0.39, 0.29) is 41.8 Å². The van der Waals surface area contributed by atoms with E-state index in [1.165, 1.54) is 6.21 Å². The molecular weight excluding hydrogens is 612 g/mol. The molecule has 0 bridgehead atoms. The smallest absolute Gasteiger partial charge is 0.262 e. The van der Waals surface area contributed by atoms with Crippen LogP contribution in [0.15, 0.2) is 54.9 Å². The quantitative estimate of drug-likeness (QED) is 0.201. The van der Waals surface area contributed by atoms with Crippen molar-refractivity contribution in [1.82, 2.24) is 30.4 Å². The maximum atomic E-state index is 13.2. The van der Waals surface area contributed by atoms with Crippen molar-refractivity contribution in [2.75, 3.05) is 25.0 Å². The van der Waals surface area contributed by atoms with Crippen LogP contribution in [-0.4, -0.2) is 87.2 Å². The first-order valence-electron chi connectivity index (χ1n) is 16.4. The average Bonchev–Trinajstić information content (AvgIpc) is 3.32. The number of fused-ring (bicyclic) bond motifs is 2. The molecule has 0 spiro atoms. The number of aromatic nitrogens is 2. The normalized spacial score (nSPS) is 23.1.